The van der Waals surface area contributed by atoms with E-state index in [1.807, 2.05) is 25.1 Å². The summed E-state index contributed by atoms with van der Waals surface area (Å²) in [5, 5.41) is 0.00277. The monoisotopic (exact) mass is 270 g/mol. The first kappa shape index (κ1) is 12.3. The van der Waals surface area contributed by atoms with Crippen molar-refractivity contribution >= 4 is 23.2 Å². The van der Waals surface area contributed by atoms with E-state index in [4.69, 9.17) is 32.4 Å². The van der Waals surface area contributed by atoms with Crippen LogP contribution >= 0.6 is 23.2 Å². The first-order valence-electron chi connectivity index (χ1n) is 5.15. The molecule has 0 fully saturated rings. The van der Waals surface area contributed by atoms with Gasteiger partial charge in [-0.05, 0) is 47.9 Å². The van der Waals surface area contributed by atoms with Crippen molar-refractivity contribution in [2.24, 2.45) is 0 Å². The molecule has 0 aliphatic carbocycles. The van der Waals surface area contributed by atoms with Gasteiger partial charge in [-0.3, -0.25) is 0 Å². The molecule has 0 amide bonds. The Kier molecular flexibility index (Phi) is 3.65. The van der Waals surface area contributed by atoms with Crippen LogP contribution in [0.15, 0.2) is 34.7 Å². The average Bonchev–Trinajstić information content (AvgIpc) is 2.75. The number of halogens is 2. The molecule has 2 rings (SSSR count). The number of benzene rings is 1. The Bertz CT molecular complexity index is 520. The van der Waals surface area contributed by atoms with Crippen LogP contribution in [0.2, 0.25) is 5.22 Å². The predicted molar refractivity (Wildman–Crippen MR) is 69.1 cm³/mol. The van der Waals surface area contributed by atoms with Crippen LogP contribution in [-0.2, 0) is 0 Å². The lowest BCUT2D eigenvalue weighted by molar-refractivity contribution is 0.411. The zero-order valence-electron chi connectivity index (χ0n) is 9.54. The van der Waals surface area contributed by atoms with Crippen molar-refractivity contribution in [3.63, 3.8) is 0 Å². The Balaban J connectivity index is 2.31. The second-order valence-corrected chi connectivity index (χ2v) is 4.54. The number of methoxy groups -OCH3 is 1. The van der Waals surface area contributed by atoms with Crippen molar-refractivity contribution in [3.8, 4) is 5.75 Å². The summed E-state index contributed by atoms with van der Waals surface area (Å²) in [6.07, 6.45) is 0. The largest absolute Gasteiger partial charge is 0.496 e. The van der Waals surface area contributed by atoms with Crippen molar-refractivity contribution in [2.45, 2.75) is 12.3 Å². The van der Waals surface area contributed by atoms with Gasteiger partial charge in [-0.25, -0.2) is 0 Å². The maximum absolute atomic E-state index is 6.32. The Morgan fingerprint density at radius 1 is 1.24 bits per heavy atom. The average molecular weight is 271 g/mol. The van der Waals surface area contributed by atoms with Gasteiger partial charge in [0.05, 0.1) is 7.11 Å². The summed E-state index contributed by atoms with van der Waals surface area (Å²) in [6.45, 7) is 1.97. The molecule has 4 heteroatoms. The Morgan fingerprint density at radius 3 is 2.53 bits per heavy atom. The topological polar surface area (TPSA) is 22.4 Å². The van der Waals surface area contributed by atoms with Crippen LogP contribution in [0.5, 0.6) is 5.75 Å². The van der Waals surface area contributed by atoms with Crippen LogP contribution in [0.3, 0.4) is 0 Å². The van der Waals surface area contributed by atoms with E-state index in [0.717, 1.165) is 16.9 Å². The number of alkyl halides is 1. The minimum absolute atomic E-state index is 0.341. The highest BCUT2D eigenvalue weighted by Crippen LogP contribution is 2.33. The number of hydrogen-bond donors (Lipinski definition) is 0. The molecule has 2 aromatic rings. The van der Waals surface area contributed by atoms with E-state index in [1.54, 1.807) is 19.2 Å². The summed E-state index contributed by atoms with van der Waals surface area (Å²) in [6, 6.07) is 9.25. The number of rotatable bonds is 3. The van der Waals surface area contributed by atoms with Gasteiger partial charge >= 0.3 is 0 Å². The summed E-state index contributed by atoms with van der Waals surface area (Å²) in [7, 11) is 1.65. The van der Waals surface area contributed by atoms with Crippen LogP contribution in [0.25, 0.3) is 0 Å². The van der Waals surface area contributed by atoms with Crippen LogP contribution in [0.1, 0.15) is 22.3 Å². The summed E-state index contributed by atoms with van der Waals surface area (Å²) >= 11 is 12.0. The molecule has 0 radical (unpaired) electrons. The lowest BCUT2D eigenvalue weighted by Crippen LogP contribution is -1.94. The van der Waals surface area contributed by atoms with Gasteiger partial charge in [0.25, 0.3) is 0 Å². The van der Waals surface area contributed by atoms with Gasteiger partial charge in [0, 0.05) is 0 Å². The van der Waals surface area contributed by atoms with E-state index < -0.39 is 0 Å². The van der Waals surface area contributed by atoms with Crippen molar-refractivity contribution < 1.29 is 9.15 Å². The van der Waals surface area contributed by atoms with Crippen LogP contribution in [-0.4, -0.2) is 7.11 Å². The molecule has 0 spiro atoms. The molecule has 1 aromatic heterocycles. The first-order chi connectivity index (χ1) is 8.11. The van der Waals surface area contributed by atoms with E-state index in [0.29, 0.717) is 11.0 Å². The molecule has 90 valence electrons. The third kappa shape index (κ3) is 2.59. The lowest BCUT2D eigenvalue weighted by Gasteiger charge is -2.10. The van der Waals surface area contributed by atoms with Gasteiger partial charge in [0.15, 0.2) is 5.22 Å². The highest BCUT2D eigenvalue weighted by atomic mass is 35.5. The molecule has 0 N–H and O–H groups in total. The highest BCUT2D eigenvalue weighted by Gasteiger charge is 2.15. The van der Waals surface area contributed by atoms with Crippen molar-refractivity contribution in [2.75, 3.05) is 7.11 Å². The minimum Gasteiger partial charge on any atom is -0.496 e. The molecule has 17 heavy (non-hydrogen) atoms. The molecular formula is C13H12Cl2O2. The van der Waals surface area contributed by atoms with E-state index in [-0.39, 0.29) is 5.38 Å². The maximum Gasteiger partial charge on any atom is 0.193 e. The minimum atomic E-state index is -0.341. The summed E-state index contributed by atoms with van der Waals surface area (Å²) < 4.78 is 10.5. The van der Waals surface area contributed by atoms with Crippen molar-refractivity contribution in [1.29, 1.82) is 0 Å². The Labute approximate surface area is 110 Å². The zero-order valence-corrected chi connectivity index (χ0v) is 11.0. The Morgan fingerprint density at radius 2 is 2.00 bits per heavy atom. The molecule has 1 atom stereocenters. The first-order valence-corrected chi connectivity index (χ1v) is 5.97. The predicted octanol–water partition coefficient (Wildman–Crippen LogP) is 4.58. The zero-order chi connectivity index (χ0) is 12.4. The second-order valence-electron chi connectivity index (χ2n) is 3.73. The van der Waals surface area contributed by atoms with Gasteiger partial charge in [-0.1, -0.05) is 12.1 Å². The third-order valence-electron chi connectivity index (χ3n) is 2.56. The highest BCUT2D eigenvalue weighted by molar-refractivity contribution is 6.29. The molecule has 0 saturated carbocycles. The summed E-state index contributed by atoms with van der Waals surface area (Å²) in [4.78, 5) is 0. The number of furan rings is 1. The van der Waals surface area contributed by atoms with E-state index in [2.05, 4.69) is 0 Å². The molecule has 1 aromatic carbocycles. The van der Waals surface area contributed by atoms with Crippen LogP contribution < -0.4 is 4.74 Å². The van der Waals surface area contributed by atoms with E-state index in [1.165, 1.54) is 0 Å². The summed E-state index contributed by atoms with van der Waals surface area (Å²) in [5.74, 6) is 1.48. The van der Waals surface area contributed by atoms with Crippen LogP contribution in [0, 0.1) is 6.92 Å². The third-order valence-corrected chi connectivity index (χ3v) is 3.23. The molecule has 2 nitrogen and oxygen atoms in total. The quantitative estimate of drug-likeness (QED) is 0.762. The number of hydrogen-bond acceptors (Lipinski definition) is 2. The lowest BCUT2D eigenvalue weighted by atomic mass is 10.1. The van der Waals surface area contributed by atoms with Gasteiger partial charge in [0.2, 0.25) is 0 Å². The molecule has 0 saturated heterocycles. The fraction of sp³-hybridized carbons (Fsp3) is 0.231. The normalized spacial score (nSPS) is 12.5. The Hall–Kier alpha value is -1.12. The van der Waals surface area contributed by atoms with Gasteiger partial charge in [-0.15, -0.1) is 11.6 Å². The smallest absolute Gasteiger partial charge is 0.193 e. The van der Waals surface area contributed by atoms with Gasteiger partial charge in [-0.2, -0.15) is 0 Å². The standard InChI is InChI=1S/C13H12Cl2O2/c1-8-7-9(3-4-10(8)16-2)13(15)11-5-6-12(14)17-11/h3-7,13H,1-2H3. The van der Waals surface area contributed by atoms with Gasteiger partial charge in [0.1, 0.15) is 16.9 Å². The molecule has 0 aliphatic heterocycles. The van der Waals surface area contributed by atoms with Crippen molar-refractivity contribution in [3.05, 3.63) is 52.4 Å². The molecular weight excluding hydrogens is 259 g/mol. The molecule has 1 unspecified atom stereocenters. The molecule has 0 aliphatic rings. The maximum atomic E-state index is 6.32. The SMILES string of the molecule is COc1ccc(C(Cl)c2ccc(Cl)o2)cc1C. The number of aryl methyl sites for hydroxylation is 1. The van der Waals surface area contributed by atoms with E-state index in [9.17, 15) is 0 Å². The summed E-state index contributed by atoms with van der Waals surface area (Å²) in [5.41, 5.74) is 1.99. The second kappa shape index (κ2) is 5.03. The fourth-order valence-electron chi connectivity index (χ4n) is 1.69. The fourth-order valence-corrected chi connectivity index (χ4v) is 2.09. The molecule has 1 heterocycles. The van der Waals surface area contributed by atoms with Crippen LogP contribution in [0.4, 0.5) is 0 Å². The number of ether oxygens (including phenoxy) is 1. The van der Waals surface area contributed by atoms with E-state index >= 15 is 0 Å². The van der Waals surface area contributed by atoms with Gasteiger partial charge < -0.3 is 9.15 Å². The van der Waals surface area contributed by atoms with Crippen molar-refractivity contribution in [1.82, 2.24) is 0 Å². The molecule has 0 bridgehead atoms.